The molecule has 1 aromatic rings. The van der Waals surface area contributed by atoms with E-state index in [1.54, 1.807) is 17.9 Å². The first-order valence-corrected chi connectivity index (χ1v) is 5.30. The van der Waals surface area contributed by atoms with Gasteiger partial charge in [-0.25, -0.2) is 4.79 Å². The van der Waals surface area contributed by atoms with Crippen LogP contribution >= 0.6 is 0 Å². The molecule has 0 aliphatic carbocycles. The third-order valence-corrected chi connectivity index (χ3v) is 2.15. The highest BCUT2D eigenvalue weighted by atomic mass is 16.4. The van der Waals surface area contributed by atoms with Crippen LogP contribution in [-0.2, 0) is 21.4 Å². The fourth-order valence-electron chi connectivity index (χ4n) is 1.29. The molecule has 8 nitrogen and oxygen atoms in total. The first-order chi connectivity index (χ1) is 8.88. The van der Waals surface area contributed by atoms with E-state index in [9.17, 15) is 14.4 Å². The van der Waals surface area contributed by atoms with Gasteiger partial charge in [0.15, 0.2) is 0 Å². The molecule has 102 valence electrons. The van der Waals surface area contributed by atoms with Crippen LogP contribution in [0.5, 0.6) is 0 Å². The van der Waals surface area contributed by atoms with Crippen molar-refractivity contribution in [1.82, 2.24) is 15.1 Å². The molecular formula is C11H13N3O5. The predicted molar refractivity (Wildman–Crippen MR) is 64.1 cm³/mol. The lowest BCUT2D eigenvalue weighted by molar-refractivity contribution is -0.146. The summed E-state index contributed by atoms with van der Waals surface area (Å²) in [7, 11) is 1.71. The van der Waals surface area contributed by atoms with E-state index in [1.165, 1.54) is 12.3 Å². The first kappa shape index (κ1) is 14.4. The third kappa shape index (κ3) is 5.02. The highest BCUT2D eigenvalue weighted by Gasteiger charge is 2.21. The van der Waals surface area contributed by atoms with Crippen molar-refractivity contribution in [2.75, 3.05) is 0 Å². The summed E-state index contributed by atoms with van der Waals surface area (Å²) in [6.45, 7) is 0. The molecule has 0 spiro atoms. The highest BCUT2D eigenvalue weighted by Crippen LogP contribution is 1.99. The molecular weight excluding hydrogens is 254 g/mol. The molecule has 1 aromatic heterocycles. The predicted octanol–water partition coefficient (Wildman–Crippen LogP) is -0.523. The number of carboxylic acid groups (broad SMARTS) is 2. The van der Waals surface area contributed by atoms with E-state index in [-0.39, 0.29) is 0 Å². The van der Waals surface area contributed by atoms with Crippen LogP contribution in [0.1, 0.15) is 12.0 Å². The molecule has 1 unspecified atom stereocenters. The molecule has 1 heterocycles. The Morgan fingerprint density at radius 2 is 2.16 bits per heavy atom. The summed E-state index contributed by atoms with van der Waals surface area (Å²) in [5.41, 5.74) is 0.669. The summed E-state index contributed by atoms with van der Waals surface area (Å²) >= 11 is 0. The summed E-state index contributed by atoms with van der Waals surface area (Å²) in [5.74, 6) is -3.38. The second-order valence-corrected chi connectivity index (χ2v) is 3.78. The zero-order valence-electron chi connectivity index (χ0n) is 10.1. The van der Waals surface area contributed by atoms with Gasteiger partial charge in [0.05, 0.1) is 12.6 Å². The Hall–Kier alpha value is -2.64. The maximum Gasteiger partial charge on any atom is 0.326 e. The Morgan fingerprint density at radius 1 is 1.47 bits per heavy atom. The number of aliphatic carboxylic acids is 2. The normalized spacial score (nSPS) is 12.3. The number of hydrogen-bond donors (Lipinski definition) is 3. The average molecular weight is 267 g/mol. The van der Waals surface area contributed by atoms with Crippen LogP contribution < -0.4 is 5.32 Å². The lowest BCUT2D eigenvalue weighted by Gasteiger charge is -2.10. The number of nitrogens with one attached hydrogen (secondary N) is 1. The third-order valence-electron chi connectivity index (χ3n) is 2.15. The van der Waals surface area contributed by atoms with E-state index < -0.39 is 30.3 Å². The van der Waals surface area contributed by atoms with E-state index in [4.69, 9.17) is 10.2 Å². The van der Waals surface area contributed by atoms with E-state index in [0.29, 0.717) is 5.56 Å². The fourth-order valence-corrected chi connectivity index (χ4v) is 1.29. The van der Waals surface area contributed by atoms with Gasteiger partial charge in [0, 0.05) is 24.9 Å². The van der Waals surface area contributed by atoms with Gasteiger partial charge in [0.2, 0.25) is 5.91 Å². The van der Waals surface area contributed by atoms with Crippen LogP contribution in [0.25, 0.3) is 6.08 Å². The molecule has 0 fully saturated rings. The Kier molecular flexibility index (Phi) is 4.81. The van der Waals surface area contributed by atoms with Crippen LogP contribution in [0.2, 0.25) is 0 Å². The Morgan fingerprint density at radius 3 is 2.63 bits per heavy atom. The molecule has 0 aliphatic rings. The number of amides is 1. The maximum absolute atomic E-state index is 11.4. The minimum atomic E-state index is -1.46. The Bertz CT molecular complexity index is 520. The number of nitrogens with zero attached hydrogens (tertiary/aromatic N) is 2. The van der Waals surface area contributed by atoms with Crippen molar-refractivity contribution in [3.05, 3.63) is 24.0 Å². The highest BCUT2D eigenvalue weighted by molar-refractivity contribution is 5.95. The van der Waals surface area contributed by atoms with Crippen LogP contribution in [0.4, 0.5) is 0 Å². The molecule has 8 heteroatoms. The van der Waals surface area contributed by atoms with E-state index in [2.05, 4.69) is 10.4 Å². The number of carbonyl (C=O) groups is 3. The molecule has 3 N–H and O–H groups in total. The van der Waals surface area contributed by atoms with Gasteiger partial charge >= 0.3 is 11.9 Å². The smallest absolute Gasteiger partial charge is 0.326 e. The fraction of sp³-hybridized carbons (Fsp3) is 0.273. The van der Waals surface area contributed by atoms with Gasteiger partial charge in [-0.15, -0.1) is 0 Å². The zero-order chi connectivity index (χ0) is 14.4. The number of aryl methyl sites for hydroxylation is 1. The Labute approximate surface area is 108 Å². The molecule has 0 saturated carbocycles. The van der Waals surface area contributed by atoms with Gasteiger partial charge < -0.3 is 15.5 Å². The molecule has 0 saturated heterocycles. The first-order valence-electron chi connectivity index (χ1n) is 5.30. The van der Waals surface area contributed by atoms with Crippen molar-refractivity contribution < 1.29 is 24.6 Å². The van der Waals surface area contributed by atoms with E-state index in [0.717, 1.165) is 6.08 Å². The Balaban J connectivity index is 2.60. The average Bonchev–Trinajstić information content (AvgIpc) is 2.71. The monoisotopic (exact) mass is 267 g/mol. The van der Waals surface area contributed by atoms with Crippen LogP contribution in [0.15, 0.2) is 18.5 Å². The molecule has 0 radical (unpaired) electrons. The van der Waals surface area contributed by atoms with Crippen molar-refractivity contribution in [2.24, 2.45) is 7.05 Å². The van der Waals surface area contributed by atoms with Gasteiger partial charge in [-0.3, -0.25) is 14.3 Å². The molecule has 0 bridgehead atoms. The zero-order valence-corrected chi connectivity index (χ0v) is 10.1. The summed E-state index contributed by atoms with van der Waals surface area (Å²) < 4.78 is 1.54. The molecule has 1 amide bonds. The van der Waals surface area contributed by atoms with Crippen molar-refractivity contribution >= 4 is 23.9 Å². The van der Waals surface area contributed by atoms with Gasteiger partial charge in [0.1, 0.15) is 6.04 Å². The van der Waals surface area contributed by atoms with E-state index in [1.807, 2.05) is 0 Å². The van der Waals surface area contributed by atoms with Gasteiger partial charge in [-0.2, -0.15) is 5.10 Å². The van der Waals surface area contributed by atoms with Crippen LogP contribution in [0.3, 0.4) is 0 Å². The van der Waals surface area contributed by atoms with Crippen molar-refractivity contribution in [3.8, 4) is 0 Å². The molecule has 0 aliphatic heterocycles. The number of carbonyl (C=O) groups excluding carboxylic acids is 1. The maximum atomic E-state index is 11.4. The molecule has 1 rings (SSSR count). The largest absolute Gasteiger partial charge is 0.481 e. The van der Waals surface area contributed by atoms with Crippen LogP contribution in [-0.4, -0.2) is 43.9 Å². The summed E-state index contributed by atoms with van der Waals surface area (Å²) in [6, 6.07) is -1.46. The topological polar surface area (TPSA) is 122 Å². The minimum Gasteiger partial charge on any atom is -0.481 e. The molecule has 1 atom stereocenters. The lowest BCUT2D eigenvalue weighted by Crippen LogP contribution is -2.41. The summed E-state index contributed by atoms with van der Waals surface area (Å²) in [4.78, 5) is 32.6. The standard InChI is InChI=1S/C11H13N3O5/c1-14-6-7(5-12-14)2-3-9(15)13-8(11(18)19)4-10(16)17/h2-3,5-6,8H,4H2,1H3,(H,13,15)(H,16,17)(H,18,19)/b3-2+. The minimum absolute atomic E-state index is 0.669. The van der Waals surface area contributed by atoms with Crippen molar-refractivity contribution in [3.63, 3.8) is 0 Å². The molecule has 19 heavy (non-hydrogen) atoms. The SMILES string of the molecule is Cn1cc(/C=C/C(=O)NC(CC(=O)O)C(=O)O)cn1. The van der Waals surface area contributed by atoms with Crippen LogP contribution in [0, 0.1) is 0 Å². The van der Waals surface area contributed by atoms with Crippen molar-refractivity contribution in [2.45, 2.75) is 12.5 Å². The van der Waals surface area contributed by atoms with Gasteiger partial charge in [0.25, 0.3) is 0 Å². The second kappa shape index (κ2) is 6.34. The summed E-state index contributed by atoms with van der Waals surface area (Å²) in [5, 5.41) is 23.2. The number of rotatable bonds is 6. The van der Waals surface area contributed by atoms with Gasteiger partial charge in [-0.1, -0.05) is 0 Å². The summed E-state index contributed by atoms with van der Waals surface area (Å²) in [6.07, 6.45) is 5.07. The number of hydrogen-bond acceptors (Lipinski definition) is 4. The number of aromatic nitrogens is 2. The van der Waals surface area contributed by atoms with Gasteiger partial charge in [-0.05, 0) is 6.08 Å². The lowest BCUT2D eigenvalue weighted by atomic mass is 10.2. The number of carboxylic acids is 2. The molecule has 0 aromatic carbocycles. The second-order valence-electron chi connectivity index (χ2n) is 3.78. The van der Waals surface area contributed by atoms with E-state index >= 15 is 0 Å². The van der Waals surface area contributed by atoms with Crippen molar-refractivity contribution in [1.29, 1.82) is 0 Å². The quantitative estimate of drug-likeness (QED) is 0.596.